The lowest BCUT2D eigenvalue weighted by Crippen LogP contribution is -2.33. The van der Waals surface area contributed by atoms with Crippen LogP contribution in [0.2, 0.25) is 0 Å². The number of rotatable bonds is 3. The maximum Gasteiger partial charge on any atom is 0.262 e. The summed E-state index contributed by atoms with van der Waals surface area (Å²) in [4.78, 5) is 12.0. The predicted molar refractivity (Wildman–Crippen MR) is 78.1 cm³/mol. The van der Waals surface area contributed by atoms with Gasteiger partial charge in [-0.2, -0.15) is 5.26 Å². The lowest BCUT2D eigenvalue weighted by molar-refractivity contribution is -0.117. The van der Waals surface area contributed by atoms with Crippen molar-refractivity contribution in [2.24, 2.45) is 0 Å². The van der Waals surface area contributed by atoms with Gasteiger partial charge in [-0.1, -0.05) is 28.8 Å². The van der Waals surface area contributed by atoms with Gasteiger partial charge >= 0.3 is 0 Å². The highest BCUT2D eigenvalue weighted by Crippen LogP contribution is 2.20. The summed E-state index contributed by atoms with van der Waals surface area (Å²) >= 11 is 3.24. The van der Waals surface area contributed by atoms with Gasteiger partial charge in [0.05, 0.1) is 0 Å². The molecule has 0 aromatic heterocycles. The van der Waals surface area contributed by atoms with E-state index in [2.05, 4.69) is 21.2 Å². The van der Waals surface area contributed by atoms with Crippen molar-refractivity contribution in [3.8, 4) is 6.07 Å². The lowest BCUT2D eigenvalue weighted by Gasteiger charge is -2.11. The maximum absolute atomic E-state index is 13.6. The van der Waals surface area contributed by atoms with E-state index in [1.54, 1.807) is 6.07 Å². The number of carbonyl (C=O) groups is 1. The van der Waals surface area contributed by atoms with Crippen LogP contribution in [0.5, 0.6) is 0 Å². The summed E-state index contributed by atoms with van der Waals surface area (Å²) < 4.78 is 14.3. The molecule has 1 aliphatic carbocycles. The van der Waals surface area contributed by atoms with E-state index in [1.807, 2.05) is 6.07 Å². The van der Waals surface area contributed by atoms with Gasteiger partial charge in [-0.15, -0.1) is 0 Å². The highest BCUT2D eigenvalue weighted by atomic mass is 79.9. The third kappa shape index (κ3) is 3.67. The van der Waals surface area contributed by atoms with Crippen LogP contribution in [0.15, 0.2) is 28.2 Å². The van der Waals surface area contributed by atoms with Crippen LogP contribution in [0.25, 0.3) is 6.08 Å². The topological polar surface area (TPSA) is 52.9 Å². The molecule has 0 spiro atoms. The van der Waals surface area contributed by atoms with Crippen LogP contribution in [0.1, 0.15) is 31.2 Å². The number of benzene rings is 1. The third-order valence-corrected chi connectivity index (χ3v) is 3.81. The number of carbonyl (C=O) groups excluding carboxylic acids is 1. The molecular formula is C15H14BrFN2O. The molecular weight excluding hydrogens is 323 g/mol. The quantitative estimate of drug-likeness (QED) is 0.677. The highest BCUT2D eigenvalue weighted by molar-refractivity contribution is 9.10. The number of hydrogen-bond donors (Lipinski definition) is 1. The van der Waals surface area contributed by atoms with E-state index in [0.29, 0.717) is 4.47 Å². The van der Waals surface area contributed by atoms with Crippen LogP contribution in [0, 0.1) is 17.1 Å². The molecule has 1 N–H and O–H groups in total. The Balaban J connectivity index is 2.18. The van der Waals surface area contributed by atoms with Crippen LogP contribution in [0.4, 0.5) is 4.39 Å². The van der Waals surface area contributed by atoms with Gasteiger partial charge in [0.25, 0.3) is 5.91 Å². The van der Waals surface area contributed by atoms with Crippen molar-refractivity contribution in [2.45, 2.75) is 31.7 Å². The van der Waals surface area contributed by atoms with Crippen molar-refractivity contribution in [1.29, 1.82) is 5.26 Å². The molecule has 0 unspecified atom stereocenters. The minimum atomic E-state index is -0.463. The van der Waals surface area contributed by atoms with Crippen molar-refractivity contribution in [3.63, 3.8) is 0 Å². The van der Waals surface area contributed by atoms with Crippen LogP contribution < -0.4 is 5.32 Å². The summed E-state index contributed by atoms with van der Waals surface area (Å²) in [5, 5.41) is 11.9. The molecule has 104 valence electrons. The molecule has 1 fully saturated rings. The van der Waals surface area contributed by atoms with E-state index >= 15 is 0 Å². The van der Waals surface area contributed by atoms with E-state index in [9.17, 15) is 9.18 Å². The first-order valence-corrected chi connectivity index (χ1v) is 7.27. The SMILES string of the molecule is N#C/C(=C\c1cc(Br)ccc1F)C(=O)NC1CCCC1. The predicted octanol–water partition coefficient (Wildman–Crippen LogP) is 3.55. The average Bonchev–Trinajstić information content (AvgIpc) is 2.92. The minimum absolute atomic E-state index is 0.0751. The Labute approximate surface area is 125 Å². The van der Waals surface area contributed by atoms with Crippen molar-refractivity contribution >= 4 is 27.9 Å². The van der Waals surface area contributed by atoms with E-state index in [0.717, 1.165) is 25.7 Å². The van der Waals surface area contributed by atoms with Gasteiger partial charge in [0.2, 0.25) is 0 Å². The standard InChI is InChI=1S/C15H14BrFN2O/c16-12-5-6-14(17)10(8-12)7-11(9-18)15(20)19-13-3-1-2-4-13/h5-8,13H,1-4H2,(H,19,20)/b11-7+. The van der Waals surface area contributed by atoms with Crippen molar-refractivity contribution < 1.29 is 9.18 Å². The molecule has 1 amide bonds. The molecule has 0 bridgehead atoms. The summed E-state index contributed by atoms with van der Waals surface area (Å²) in [6.45, 7) is 0. The van der Waals surface area contributed by atoms with Crippen LogP contribution >= 0.6 is 15.9 Å². The van der Waals surface area contributed by atoms with E-state index in [1.165, 1.54) is 18.2 Å². The summed E-state index contributed by atoms with van der Waals surface area (Å²) in [7, 11) is 0. The zero-order valence-electron chi connectivity index (χ0n) is 10.8. The van der Waals surface area contributed by atoms with Gasteiger partial charge in [-0.05, 0) is 37.1 Å². The van der Waals surface area contributed by atoms with Crippen molar-refractivity contribution in [2.75, 3.05) is 0 Å². The summed E-state index contributed by atoms with van der Waals surface area (Å²) in [6, 6.07) is 6.36. The second kappa shape index (κ2) is 6.67. The fourth-order valence-corrected chi connectivity index (χ4v) is 2.64. The smallest absolute Gasteiger partial charge is 0.262 e. The van der Waals surface area contributed by atoms with Gasteiger partial charge in [0.15, 0.2) is 0 Å². The van der Waals surface area contributed by atoms with Crippen LogP contribution in [-0.2, 0) is 4.79 Å². The Kier molecular flexibility index (Phi) is 4.91. The second-order valence-electron chi connectivity index (χ2n) is 4.79. The molecule has 2 rings (SSSR count). The first-order chi connectivity index (χ1) is 9.60. The number of hydrogen-bond acceptors (Lipinski definition) is 2. The largest absolute Gasteiger partial charge is 0.349 e. The van der Waals surface area contributed by atoms with Gasteiger partial charge < -0.3 is 5.32 Å². The zero-order chi connectivity index (χ0) is 14.5. The molecule has 0 radical (unpaired) electrons. The molecule has 5 heteroatoms. The zero-order valence-corrected chi connectivity index (χ0v) is 12.4. The van der Waals surface area contributed by atoms with Gasteiger partial charge in [-0.25, -0.2) is 4.39 Å². The average molecular weight is 337 g/mol. The van der Waals surface area contributed by atoms with E-state index in [4.69, 9.17) is 5.26 Å². The van der Waals surface area contributed by atoms with Crippen LogP contribution in [0.3, 0.4) is 0 Å². The molecule has 0 aliphatic heterocycles. The first kappa shape index (κ1) is 14.7. The number of nitriles is 1. The Morgan fingerprint density at radius 1 is 1.45 bits per heavy atom. The van der Waals surface area contributed by atoms with Crippen LogP contribution in [-0.4, -0.2) is 11.9 Å². The monoisotopic (exact) mass is 336 g/mol. The minimum Gasteiger partial charge on any atom is -0.349 e. The Bertz CT molecular complexity index is 586. The van der Waals surface area contributed by atoms with Gasteiger partial charge in [-0.3, -0.25) is 4.79 Å². The fraction of sp³-hybridized carbons (Fsp3) is 0.333. The highest BCUT2D eigenvalue weighted by Gasteiger charge is 2.19. The molecule has 0 saturated heterocycles. The summed E-state index contributed by atoms with van der Waals surface area (Å²) in [5.74, 6) is -0.895. The Hall–Kier alpha value is -1.67. The number of amides is 1. The molecule has 1 aromatic rings. The number of halogens is 2. The first-order valence-electron chi connectivity index (χ1n) is 6.48. The summed E-state index contributed by atoms with van der Waals surface area (Å²) in [5.41, 5.74) is 0.145. The van der Waals surface area contributed by atoms with E-state index < -0.39 is 11.7 Å². The molecule has 3 nitrogen and oxygen atoms in total. The molecule has 0 heterocycles. The molecule has 1 saturated carbocycles. The van der Waals surface area contributed by atoms with Crippen molar-refractivity contribution in [3.05, 3.63) is 39.6 Å². The number of nitrogens with zero attached hydrogens (tertiary/aromatic N) is 1. The number of nitrogens with one attached hydrogen (secondary N) is 1. The van der Waals surface area contributed by atoms with Gasteiger partial charge in [0, 0.05) is 16.1 Å². The third-order valence-electron chi connectivity index (χ3n) is 3.31. The molecule has 1 aromatic carbocycles. The van der Waals surface area contributed by atoms with Crippen molar-refractivity contribution in [1.82, 2.24) is 5.32 Å². The van der Waals surface area contributed by atoms with Gasteiger partial charge in [0.1, 0.15) is 17.5 Å². The Morgan fingerprint density at radius 2 is 2.15 bits per heavy atom. The molecule has 0 atom stereocenters. The second-order valence-corrected chi connectivity index (χ2v) is 5.71. The molecule has 1 aliphatic rings. The Morgan fingerprint density at radius 3 is 2.80 bits per heavy atom. The summed E-state index contributed by atoms with van der Waals surface area (Å²) in [6.07, 6.45) is 5.35. The lowest BCUT2D eigenvalue weighted by atomic mass is 10.1. The maximum atomic E-state index is 13.6. The fourth-order valence-electron chi connectivity index (χ4n) is 2.26. The molecule has 20 heavy (non-hydrogen) atoms. The van der Waals surface area contributed by atoms with E-state index in [-0.39, 0.29) is 17.2 Å². The normalized spacial score (nSPS) is 15.9.